The van der Waals surface area contributed by atoms with E-state index in [-0.39, 0.29) is 0 Å². The van der Waals surface area contributed by atoms with Gasteiger partial charge in [0, 0.05) is 53.7 Å². The van der Waals surface area contributed by atoms with Crippen LogP contribution in [0.2, 0.25) is 0 Å². The molecule has 0 unspecified atom stereocenters. The maximum absolute atomic E-state index is 2.37. The molecule has 0 aliphatic heterocycles. The van der Waals surface area contributed by atoms with E-state index in [0.717, 1.165) is 17.1 Å². The fraction of sp³-hybridized carbons (Fsp3) is 0.0204. The molecule has 0 bridgehead atoms. The summed E-state index contributed by atoms with van der Waals surface area (Å²) >= 11 is 1.88. The molecule has 0 saturated carbocycles. The fourth-order valence-electron chi connectivity index (χ4n) is 7.79. The molecule has 0 fully saturated rings. The van der Waals surface area contributed by atoms with Gasteiger partial charge in [0.05, 0.1) is 11.0 Å². The molecule has 0 N–H and O–H groups in total. The maximum Gasteiger partial charge on any atom is 0.0541 e. The minimum Gasteiger partial charge on any atom is -0.310 e. The molecule has 3 heteroatoms. The largest absolute Gasteiger partial charge is 0.310 e. The van der Waals surface area contributed by atoms with Crippen LogP contribution in [0.25, 0.3) is 69.9 Å². The summed E-state index contributed by atoms with van der Waals surface area (Å²) in [7, 11) is 0. The normalized spacial score (nSPS) is 11.6. The fourth-order valence-corrected chi connectivity index (χ4v) is 9.03. The Labute approximate surface area is 307 Å². The van der Waals surface area contributed by atoms with Crippen LogP contribution in [-0.4, -0.2) is 4.57 Å². The van der Waals surface area contributed by atoms with E-state index in [0.29, 0.717) is 0 Å². The standard InChI is InChI=1S/C49H34N2S/c1-33-11-9-14-40(31-33)50(39-28-23-35(24-29-39)41-17-10-18-44-43-16-6-8-20-48(43)52-49(41)44)38-26-21-34(22-27-38)36-25-30-47-45(32-36)42-15-5-7-19-46(42)51(47)37-12-3-2-4-13-37/h2-32H,1H3. The monoisotopic (exact) mass is 682 g/mol. The highest BCUT2D eigenvalue weighted by molar-refractivity contribution is 7.26. The third-order valence-electron chi connectivity index (χ3n) is 10.2. The maximum atomic E-state index is 2.37. The van der Waals surface area contributed by atoms with E-state index in [1.54, 1.807) is 0 Å². The highest BCUT2D eigenvalue weighted by Crippen LogP contribution is 2.42. The van der Waals surface area contributed by atoms with Crippen molar-refractivity contribution >= 4 is 70.4 Å². The second-order valence-corrected chi connectivity index (χ2v) is 14.5. The quantitative estimate of drug-likeness (QED) is 0.169. The molecule has 246 valence electrons. The van der Waals surface area contributed by atoms with Crippen molar-refractivity contribution in [2.45, 2.75) is 6.92 Å². The van der Waals surface area contributed by atoms with Crippen molar-refractivity contribution in [3.63, 3.8) is 0 Å². The molecule has 0 amide bonds. The number of para-hydroxylation sites is 2. The van der Waals surface area contributed by atoms with Gasteiger partial charge in [0.15, 0.2) is 0 Å². The Balaban J connectivity index is 1.03. The number of rotatable bonds is 6. The van der Waals surface area contributed by atoms with E-state index in [1.165, 1.54) is 75.5 Å². The molecule has 10 rings (SSSR count). The summed E-state index contributed by atoms with van der Waals surface area (Å²) in [5.41, 5.74) is 13.1. The van der Waals surface area contributed by atoms with E-state index < -0.39 is 0 Å². The van der Waals surface area contributed by atoms with Crippen LogP contribution in [0.15, 0.2) is 188 Å². The third kappa shape index (κ3) is 5.09. The van der Waals surface area contributed by atoms with Crippen LogP contribution >= 0.6 is 11.3 Å². The Hall–Kier alpha value is -6.42. The summed E-state index contributed by atoms with van der Waals surface area (Å²) in [6.07, 6.45) is 0. The first-order valence-electron chi connectivity index (χ1n) is 17.8. The lowest BCUT2D eigenvalue weighted by Crippen LogP contribution is -2.10. The predicted molar refractivity (Wildman–Crippen MR) is 224 cm³/mol. The van der Waals surface area contributed by atoms with Gasteiger partial charge in [-0.25, -0.2) is 0 Å². The van der Waals surface area contributed by atoms with Crippen molar-refractivity contribution < 1.29 is 0 Å². The second-order valence-electron chi connectivity index (χ2n) is 13.5. The van der Waals surface area contributed by atoms with Gasteiger partial charge in [-0.15, -0.1) is 11.3 Å². The number of hydrogen-bond acceptors (Lipinski definition) is 2. The van der Waals surface area contributed by atoms with Gasteiger partial charge in [0.2, 0.25) is 0 Å². The summed E-state index contributed by atoms with van der Waals surface area (Å²) in [4.78, 5) is 2.36. The highest BCUT2D eigenvalue weighted by atomic mass is 32.1. The number of anilines is 3. The molecule has 2 nitrogen and oxygen atoms in total. The number of thiophene rings is 1. The van der Waals surface area contributed by atoms with Crippen molar-refractivity contribution in [3.05, 3.63) is 194 Å². The lowest BCUT2D eigenvalue weighted by Gasteiger charge is -2.26. The molecule has 0 spiro atoms. The SMILES string of the molecule is Cc1cccc(N(c2ccc(-c3ccc4c(c3)c3ccccc3n4-c3ccccc3)cc2)c2ccc(-c3cccc4c3sc3ccccc34)cc2)c1. The van der Waals surface area contributed by atoms with Gasteiger partial charge >= 0.3 is 0 Å². The lowest BCUT2D eigenvalue weighted by atomic mass is 10.0. The van der Waals surface area contributed by atoms with Gasteiger partial charge in [-0.05, 0) is 108 Å². The summed E-state index contributed by atoms with van der Waals surface area (Å²) in [6, 6.07) is 68.4. The summed E-state index contributed by atoms with van der Waals surface area (Å²) in [6.45, 7) is 2.16. The van der Waals surface area contributed by atoms with Gasteiger partial charge in [0.1, 0.15) is 0 Å². The lowest BCUT2D eigenvalue weighted by molar-refractivity contribution is 1.18. The smallest absolute Gasteiger partial charge is 0.0541 e. The zero-order valence-corrected chi connectivity index (χ0v) is 29.5. The molecule has 2 heterocycles. The number of fused-ring (bicyclic) bond motifs is 6. The van der Waals surface area contributed by atoms with E-state index in [2.05, 4.69) is 204 Å². The Morgan fingerprint density at radius 1 is 0.423 bits per heavy atom. The van der Waals surface area contributed by atoms with Crippen LogP contribution in [0, 0.1) is 6.92 Å². The van der Waals surface area contributed by atoms with Crippen LogP contribution in [0.1, 0.15) is 5.56 Å². The number of aromatic nitrogens is 1. The number of nitrogens with zero attached hydrogens (tertiary/aromatic N) is 2. The summed E-state index contributed by atoms with van der Waals surface area (Å²) in [5, 5.41) is 5.17. The highest BCUT2D eigenvalue weighted by Gasteiger charge is 2.16. The molecular formula is C49H34N2S. The molecule has 0 saturated heterocycles. The average molecular weight is 683 g/mol. The minimum absolute atomic E-state index is 1.12. The molecule has 0 aliphatic carbocycles. The minimum atomic E-state index is 1.12. The molecule has 8 aromatic carbocycles. The molecule has 0 aliphatic rings. The van der Waals surface area contributed by atoms with Crippen LogP contribution in [0.3, 0.4) is 0 Å². The summed E-state index contributed by atoms with van der Waals surface area (Å²) < 4.78 is 5.03. The van der Waals surface area contributed by atoms with Gasteiger partial charge in [-0.3, -0.25) is 0 Å². The Kier molecular flexibility index (Phi) is 7.26. The number of benzene rings is 8. The van der Waals surface area contributed by atoms with Crippen LogP contribution in [0.4, 0.5) is 17.1 Å². The summed E-state index contributed by atoms with van der Waals surface area (Å²) in [5.74, 6) is 0. The topological polar surface area (TPSA) is 8.17 Å². The average Bonchev–Trinajstić information content (AvgIpc) is 3.75. The van der Waals surface area contributed by atoms with Gasteiger partial charge in [-0.1, -0.05) is 115 Å². The van der Waals surface area contributed by atoms with Crippen molar-refractivity contribution in [3.8, 4) is 27.9 Å². The van der Waals surface area contributed by atoms with Gasteiger partial charge < -0.3 is 9.47 Å². The van der Waals surface area contributed by atoms with Gasteiger partial charge in [0.25, 0.3) is 0 Å². The molecule has 10 aromatic rings. The zero-order valence-electron chi connectivity index (χ0n) is 28.7. The molecule has 0 radical (unpaired) electrons. The first-order valence-corrected chi connectivity index (χ1v) is 18.6. The van der Waals surface area contributed by atoms with Crippen molar-refractivity contribution in [1.29, 1.82) is 0 Å². The Bertz CT molecular complexity index is 2900. The van der Waals surface area contributed by atoms with E-state index in [9.17, 15) is 0 Å². The van der Waals surface area contributed by atoms with Crippen molar-refractivity contribution in [2.24, 2.45) is 0 Å². The van der Waals surface area contributed by atoms with Gasteiger partial charge in [-0.2, -0.15) is 0 Å². The van der Waals surface area contributed by atoms with Crippen molar-refractivity contribution in [2.75, 3.05) is 4.90 Å². The Morgan fingerprint density at radius 3 is 1.85 bits per heavy atom. The van der Waals surface area contributed by atoms with Crippen LogP contribution in [0.5, 0.6) is 0 Å². The molecular weight excluding hydrogens is 649 g/mol. The third-order valence-corrected chi connectivity index (χ3v) is 11.5. The van der Waals surface area contributed by atoms with Crippen LogP contribution in [-0.2, 0) is 0 Å². The Morgan fingerprint density at radius 2 is 1.06 bits per heavy atom. The van der Waals surface area contributed by atoms with E-state index in [1.807, 2.05) is 11.3 Å². The predicted octanol–water partition coefficient (Wildman–Crippen LogP) is 14.3. The van der Waals surface area contributed by atoms with E-state index in [4.69, 9.17) is 0 Å². The van der Waals surface area contributed by atoms with Crippen molar-refractivity contribution in [1.82, 2.24) is 4.57 Å². The molecule has 52 heavy (non-hydrogen) atoms. The number of hydrogen-bond donors (Lipinski definition) is 0. The second kappa shape index (κ2) is 12.4. The first-order chi connectivity index (χ1) is 25.7. The van der Waals surface area contributed by atoms with Crippen LogP contribution < -0.4 is 4.90 Å². The molecule has 0 atom stereocenters. The molecule has 2 aromatic heterocycles. The number of aryl methyl sites for hydroxylation is 1. The first kappa shape index (κ1) is 30.4. The zero-order chi connectivity index (χ0) is 34.6. The van der Waals surface area contributed by atoms with E-state index >= 15 is 0 Å².